The van der Waals surface area contributed by atoms with E-state index in [1.54, 1.807) is 0 Å². The average Bonchev–Trinajstić information content (AvgIpc) is 2.99. The van der Waals surface area contributed by atoms with E-state index in [-0.39, 0.29) is 12.1 Å². The van der Waals surface area contributed by atoms with E-state index in [1.165, 1.54) is 0 Å². The Morgan fingerprint density at radius 2 is 1.91 bits per heavy atom. The largest absolute Gasteiger partial charge is 0.367 e. The third-order valence-electron chi connectivity index (χ3n) is 3.55. The van der Waals surface area contributed by atoms with E-state index in [0.717, 1.165) is 21.4 Å². The zero-order chi connectivity index (χ0) is 16.2. The molecular formula is C16H18BrN5O. The highest BCUT2D eigenvalue weighted by molar-refractivity contribution is 9.10. The van der Waals surface area contributed by atoms with E-state index in [0.29, 0.717) is 0 Å². The predicted octanol–water partition coefficient (Wildman–Crippen LogP) is 2.12. The molecule has 1 heterocycles. The van der Waals surface area contributed by atoms with Crippen molar-refractivity contribution in [2.24, 2.45) is 0 Å². The molecule has 1 saturated heterocycles. The van der Waals surface area contributed by atoms with Gasteiger partial charge in [0.05, 0.1) is 5.69 Å². The molecule has 7 heteroatoms. The summed E-state index contributed by atoms with van der Waals surface area (Å²) in [6, 6.07) is 15.1. The summed E-state index contributed by atoms with van der Waals surface area (Å²) in [7, 11) is 0. The minimum absolute atomic E-state index is 0.138. The minimum atomic E-state index is -0.469. The number of halogens is 1. The second-order valence-corrected chi connectivity index (χ2v) is 6.21. The maximum Gasteiger partial charge on any atom is 0.246 e. The Kier molecular flexibility index (Phi) is 4.92. The van der Waals surface area contributed by atoms with Gasteiger partial charge in [-0.15, -0.1) is 0 Å². The molecule has 2 aromatic carbocycles. The third-order valence-corrected chi connectivity index (χ3v) is 4.21. The monoisotopic (exact) mass is 375 g/mol. The second-order valence-electron chi connectivity index (χ2n) is 5.35. The highest BCUT2D eigenvalue weighted by Crippen LogP contribution is 2.23. The van der Waals surface area contributed by atoms with Gasteiger partial charge in [-0.1, -0.05) is 24.3 Å². The number of nitrogens with one attached hydrogen (secondary N) is 5. The van der Waals surface area contributed by atoms with Crippen LogP contribution in [0.5, 0.6) is 0 Å². The summed E-state index contributed by atoms with van der Waals surface area (Å²) >= 11 is 3.47. The van der Waals surface area contributed by atoms with Crippen molar-refractivity contribution in [3.8, 4) is 0 Å². The Hall–Kier alpha value is -1.93. The predicted molar refractivity (Wildman–Crippen MR) is 94.6 cm³/mol. The highest BCUT2D eigenvalue weighted by Gasteiger charge is 2.32. The summed E-state index contributed by atoms with van der Waals surface area (Å²) in [6.45, 7) is 2.00. The molecule has 1 aliphatic heterocycles. The first-order valence-corrected chi connectivity index (χ1v) is 8.07. The highest BCUT2D eigenvalue weighted by atomic mass is 79.9. The van der Waals surface area contributed by atoms with Gasteiger partial charge in [-0.25, -0.2) is 10.9 Å². The maximum absolute atomic E-state index is 12.5. The standard InChI is InChI=1S/C16H18BrN5O/c1-10-7-8-13(12(17)9-10)19-16(23)14-15(21-22-20-14)18-11-5-3-2-4-6-11/h2-9,14-15,18,20-22H,1H3,(H,19,23). The smallest absolute Gasteiger partial charge is 0.246 e. The molecule has 2 atom stereocenters. The zero-order valence-corrected chi connectivity index (χ0v) is 14.1. The Bertz CT molecular complexity index is 694. The van der Waals surface area contributed by atoms with Crippen molar-refractivity contribution in [1.82, 2.24) is 16.4 Å². The summed E-state index contributed by atoms with van der Waals surface area (Å²) in [5.74, 6) is -0.138. The molecule has 23 heavy (non-hydrogen) atoms. The van der Waals surface area contributed by atoms with Gasteiger partial charge in [0.2, 0.25) is 5.91 Å². The van der Waals surface area contributed by atoms with E-state index in [4.69, 9.17) is 0 Å². The number of aryl methyl sites for hydroxylation is 1. The summed E-state index contributed by atoms with van der Waals surface area (Å²) < 4.78 is 0.859. The number of anilines is 2. The van der Waals surface area contributed by atoms with Crippen molar-refractivity contribution in [2.45, 2.75) is 19.1 Å². The fraction of sp³-hybridized carbons (Fsp3) is 0.188. The lowest BCUT2D eigenvalue weighted by molar-refractivity contribution is -0.118. The number of hydrogen-bond acceptors (Lipinski definition) is 5. The van der Waals surface area contributed by atoms with Crippen LogP contribution in [-0.2, 0) is 4.79 Å². The molecule has 0 bridgehead atoms. The number of carbonyl (C=O) groups is 1. The van der Waals surface area contributed by atoms with Crippen LogP contribution < -0.4 is 27.0 Å². The van der Waals surface area contributed by atoms with E-state index in [9.17, 15) is 4.79 Å². The van der Waals surface area contributed by atoms with E-state index >= 15 is 0 Å². The molecule has 0 aromatic heterocycles. The second kappa shape index (κ2) is 7.10. The van der Waals surface area contributed by atoms with Gasteiger partial charge in [0.15, 0.2) is 0 Å². The summed E-state index contributed by atoms with van der Waals surface area (Å²) in [5, 5.41) is 6.20. The first-order chi connectivity index (χ1) is 11.1. The number of hydrazine groups is 2. The lowest BCUT2D eigenvalue weighted by Gasteiger charge is -2.20. The molecule has 1 amide bonds. The first kappa shape index (κ1) is 15.9. The van der Waals surface area contributed by atoms with E-state index < -0.39 is 6.04 Å². The van der Waals surface area contributed by atoms with Gasteiger partial charge in [-0.05, 0) is 52.7 Å². The number of para-hydroxylation sites is 1. The molecule has 120 valence electrons. The molecule has 0 saturated carbocycles. The van der Waals surface area contributed by atoms with Crippen LogP contribution in [0.4, 0.5) is 11.4 Å². The fourth-order valence-electron chi connectivity index (χ4n) is 2.35. The van der Waals surface area contributed by atoms with Crippen LogP contribution in [0.3, 0.4) is 0 Å². The summed E-state index contributed by atoms with van der Waals surface area (Å²) in [4.78, 5) is 12.5. The molecule has 5 N–H and O–H groups in total. The van der Waals surface area contributed by atoms with Crippen molar-refractivity contribution in [3.05, 3.63) is 58.6 Å². The van der Waals surface area contributed by atoms with Crippen LogP contribution >= 0.6 is 15.9 Å². The van der Waals surface area contributed by atoms with Crippen molar-refractivity contribution >= 4 is 33.2 Å². The van der Waals surface area contributed by atoms with E-state index in [1.807, 2.05) is 55.5 Å². The molecule has 2 unspecified atom stereocenters. The quantitative estimate of drug-likeness (QED) is 0.565. The van der Waals surface area contributed by atoms with Crippen LogP contribution in [0.1, 0.15) is 5.56 Å². The zero-order valence-electron chi connectivity index (χ0n) is 12.6. The van der Waals surface area contributed by atoms with Gasteiger partial charge < -0.3 is 10.6 Å². The molecule has 0 radical (unpaired) electrons. The molecule has 1 aliphatic rings. The van der Waals surface area contributed by atoms with Crippen LogP contribution in [0.25, 0.3) is 0 Å². The van der Waals surface area contributed by atoms with Gasteiger partial charge in [0, 0.05) is 10.2 Å². The number of benzene rings is 2. The Labute approximate surface area is 143 Å². The maximum atomic E-state index is 12.5. The number of amides is 1. The van der Waals surface area contributed by atoms with Gasteiger partial charge in [-0.3, -0.25) is 4.79 Å². The molecule has 3 rings (SSSR count). The van der Waals surface area contributed by atoms with Gasteiger partial charge in [0.25, 0.3) is 0 Å². The van der Waals surface area contributed by atoms with Crippen molar-refractivity contribution in [1.29, 1.82) is 0 Å². The van der Waals surface area contributed by atoms with Gasteiger partial charge in [-0.2, -0.15) is 5.53 Å². The van der Waals surface area contributed by atoms with Crippen LogP contribution in [0, 0.1) is 6.92 Å². The molecule has 0 spiro atoms. The molecule has 0 aliphatic carbocycles. The van der Waals surface area contributed by atoms with Crippen molar-refractivity contribution in [3.63, 3.8) is 0 Å². The Morgan fingerprint density at radius 1 is 1.13 bits per heavy atom. The lowest BCUT2D eigenvalue weighted by atomic mass is 10.2. The molecular weight excluding hydrogens is 358 g/mol. The average molecular weight is 376 g/mol. The summed E-state index contributed by atoms with van der Waals surface area (Å²) in [5.41, 5.74) is 11.5. The molecule has 1 fully saturated rings. The molecule has 6 nitrogen and oxygen atoms in total. The van der Waals surface area contributed by atoms with Crippen LogP contribution in [-0.4, -0.2) is 18.1 Å². The number of hydrogen-bond donors (Lipinski definition) is 5. The van der Waals surface area contributed by atoms with Gasteiger partial charge in [0.1, 0.15) is 12.2 Å². The van der Waals surface area contributed by atoms with E-state index in [2.05, 4.69) is 42.9 Å². The van der Waals surface area contributed by atoms with Crippen molar-refractivity contribution < 1.29 is 4.79 Å². The SMILES string of the molecule is Cc1ccc(NC(=O)C2NNNC2Nc2ccccc2)c(Br)c1. The van der Waals surface area contributed by atoms with Crippen LogP contribution in [0.2, 0.25) is 0 Å². The number of rotatable bonds is 4. The third kappa shape index (κ3) is 3.89. The Balaban J connectivity index is 1.68. The summed E-state index contributed by atoms with van der Waals surface area (Å²) in [6.07, 6.45) is -0.276. The fourth-order valence-corrected chi connectivity index (χ4v) is 2.94. The lowest BCUT2D eigenvalue weighted by Crippen LogP contribution is -2.47. The van der Waals surface area contributed by atoms with Crippen molar-refractivity contribution in [2.75, 3.05) is 10.6 Å². The van der Waals surface area contributed by atoms with Gasteiger partial charge >= 0.3 is 0 Å². The first-order valence-electron chi connectivity index (χ1n) is 7.28. The normalized spacial score (nSPS) is 20.3. The minimum Gasteiger partial charge on any atom is -0.367 e. The topological polar surface area (TPSA) is 77.2 Å². The Morgan fingerprint density at radius 3 is 2.65 bits per heavy atom. The van der Waals surface area contributed by atoms with Crippen LogP contribution in [0.15, 0.2) is 53.0 Å². The number of carbonyl (C=O) groups excluding carboxylic acids is 1. The molecule has 2 aromatic rings.